The lowest BCUT2D eigenvalue weighted by molar-refractivity contribution is -0.149. The van der Waals surface area contributed by atoms with Crippen molar-refractivity contribution in [1.29, 1.82) is 5.26 Å². The summed E-state index contributed by atoms with van der Waals surface area (Å²) in [5.74, 6) is 0.122. The van der Waals surface area contributed by atoms with Gasteiger partial charge in [-0.25, -0.2) is 4.79 Å². The number of benzene rings is 1. The Morgan fingerprint density at radius 1 is 1.43 bits per heavy atom. The van der Waals surface area contributed by atoms with Crippen molar-refractivity contribution in [2.75, 3.05) is 7.11 Å². The van der Waals surface area contributed by atoms with Crippen LogP contribution in [0.15, 0.2) is 36.9 Å². The maximum absolute atomic E-state index is 11.8. The standard InChI is InChI=1S/C17H21NO3/c1-3-4-5-6-7-11-16(17(19)20-2)21-15-10-8-9-14(12-15)13-18/h3,8-10,12,16H,1,4-7,11H2,2H3. The van der Waals surface area contributed by atoms with Crippen molar-refractivity contribution in [1.82, 2.24) is 0 Å². The van der Waals surface area contributed by atoms with E-state index in [-0.39, 0.29) is 5.97 Å². The number of hydrogen-bond donors (Lipinski definition) is 0. The molecule has 0 saturated heterocycles. The predicted molar refractivity (Wildman–Crippen MR) is 80.9 cm³/mol. The van der Waals surface area contributed by atoms with Crippen molar-refractivity contribution < 1.29 is 14.3 Å². The average molecular weight is 287 g/mol. The summed E-state index contributed by atoms with van der Waals surface area (Å²) < 4.78 is 10.4. The summed E-state index contributed by atoms with van der Waals surface area (Å²) in [7, 11) is 1.35. The lowest BCUT2D eigenvalue weighted by Gasteiger charge is -2.17. The normalized spacial score (nSPS) is 11.2. The van der Waals surface area contributed by atoms with E-state index in [1.165, 1.54) is 7.11 Å². The van der Waals surface area contributed by atoms with Crippen molar-refractivity contribution >= 4 is 5.97 Å². The van der Waals surface area contributed by atoms with Gasteiger partial charge in [-0.05, 0) is 43.9 Å². The number of hydrogen-bond acceptors (Lipinski definition) is 4. The molecular weight excluding hydrogens is 266 g/mol. The molecule has 0 radical (unpaired) electrons. The molecule has 0 heterocycles. The minimum atomic E-state index is -0.632. The van der Waals surface area contributed by atoms with Crippen LogP contribution >= 0.6 is 0 Å². The van der Waals surface area contributed by atoms with Crippen LogP contribution in [-0.4, -0.2) is 19.2 Å². The zero-order chi connectivity index (χ0) is 15.5. The van der Waals surface area contributed by atoms with Gasteiger partial charge in [-0.2, -0.15) is 5.26 Å². The first kappa shape index (κ1) is 16.8. The van der Waals surface area contributed by atoms with Crippen molar-refractivity contribution in [2.45, 2.75) is 38.2 Å². The Hall–Kier alpha value is -2.28. The van der Waals surface area contributed by atoms with Crippen LogP contribution in [-0.2, 0) is 9.53 Å². The molecule has 1 unspecified atom stereocenters. The third-order valence-electron chi connectivity index (χ3n) is 3.08. The minimum Gasteiger partial charge on any atom is -0.479 e. The number of esters is 1. The van der Waals surface area contributed by atoms with Crippen LogP contribution in [0.2, 0.25) is 0 Å². The van der Waals surface area contributed by atoms with Crippen molar-refractivity contribution in [3.8, 4) is 11.8 Å². The van der Waals surface area contributed by atoms with E-state index in [0.29, 0.717) is 17.7 Å². The van der Waals surface area contributed by atoms with Gasteiger partial charge in [0.05, 0.1) is 18.7 Å². The Bertz CT molecular complexity index is 505. The molecule has 4 nitrogen and oxygen atoms in total. The molecule has 0 aliphatic carbocycles. The first-order chi connectivity index (χ1) is 10.2. The molecule has 0 saturated carbocycles. The van der Waals surface area contributed by atoms with Gasteiger partial charge in [0.1, 0.15) is 5.75 Å². The molecule has 0 aliphatic rings. The second-order valence-corrected chi connectivity index (χ2v) is 4.70. The zero-order valence-electron chi connectivity index (χ0n) is 12.4. The number of ether oxygens (including phenoxy) is 2. The number of rotatable bonds is 9. The highest BCUT2D eigenvalue weighted by molar-refractivity contribution is 5.74. The van der Waals surface area contributed by atoms with Crippen LogP contribution in [0.25, 0.3) is 0 Å². The number of methoxy groups -OCH3 is 1. The van der Waals surface area contributed by atoms with Crippen LogP contribution in [0.4, 0.5) is 0 Å². The average Bonchev–Trinajstić information content (AvgIpc) is 2.53. The first-order valence-corrected chi connectivity index (χ1v) is 7.06. The van der Waals surface area contributed by atoms with Crippen LogP contribution in [0.5, 0.6) is 5.75 Å². The largest absolute Gasteiger partial charge is 0.479 e. The van der Waals surface area contributed by atoms with Crippen LogP contribution in [0, 0.1) is 11.3 Å². The van der Waals surface area contributed by atoms with E-state index >= 15 is 0 Å². The molecular formula is C17H21NO3. The van der Waals surface area contributed by atoms with Crippen molar-refractivity contribution in [3.05, 3.63) is 42.5 Å². The van der Waals surface area contributed by atoms with Crippen LogP contribution in [0.1, 0.15) is 37.7 Å². The molecule has 1 aromatic carbocycles. The molecule has 1 atom stereocenters. The van der Waals surface area contributed by atoms with Crippen LogP contribution in [0.3, 0.4) is 0 Å². The van der Waals surface area contributed by atoms with E-state index < -0.39 is 6.10 Å². The third-order valence-corrected chi connectivity index (χ3v) is 3.08. The molecule has 0 bridgehead atoms. The molecule has 0 fully saturated rings. The fraction of sp³-hybridized carbons (Fsp3) is 0.412. The van der Waals surface area contributed by atoms with E-state index in [2.05, 4.69) is 6.58 Å². The van der Waals surface area contributed by atoms with Crippen LogP contribution < -0.4 is 4.74 Å². The number of carbonyl (C=O) groups is 1. The van der Waals surface area contributed by atoms with Gasteiger partial charge in [0.15, 0.2) is 6.10 Å². The van der Waals surface area contributed by atoms with Crippen molar-refractivity contribution in [2.24, 2.45) is 0 Å². The van der Waals surface area contributed by atoms with Gasteiger partial charge in [0.2, 0.25) is 0 Å². The highest BCUT2D eigenvalue weighted by Gasteiger charge is 2.20. The molecule has 0 amide bonds. The van der Waals surface area contributed by atoms with Gasteiger partial charge in [0, 0.05) is 0 Å². The summed E-state index contributed by atoms with van der Waals surface area (Å²) in [6.07, 6.45) is 5.79. The number of nitrogens with zero attached hydrogens (tertiary/aromatic N) is 1. The van der Waals surface area contributed by atoms with Gasteiger partial charge in [0.25, 0.3) is 0 Å². The first-order valence-electron chi connectivity index (χ1n) is 7.06. The molecule has 21 heavy (non-hydrogen) atoms. The molecule has 0 spiro atoms. The molecule has 1 rings (SSSR count). The van der Waals surface area contributed by atoms with E-state index in [1.807, 2.05) is 12.1 Å². The van der Waals surface area contributed by atoms with E-state index in [9.17, 15) is 4.79 Å². The lowest BCUT2D eigenvalue weighted by atomic mass is 10.1. The van der Waals surface area contributed by atoms with Gasteiger partial charge >= 0.3 is 5.97 Å². The fourth-order valence-corrected chi connectivity index (χ4v) is 1.95. The molecule has 1 aromatic rings. The fourth-order valence-electron chi connectivity index (χ4n) is 1.95. The van der Waals surface area contributed by atoms with Gasteiger partial charge in [-0.15, -0.1) is 6.58 Å². The zero-order valence-corrected chi connectivity index (χ0v) is 12.4. The number of nitriles is 1. The predicted octanol–water partition coefficient (Wildman–Crippen LogP) is 3.62. The number of carbonyl (C=O) groups excluding carboxylic acids is 1. The van der Waals surface area contributed by atoms with Gasteiger partial charge in [-0.1, -0.05) is 18.6 Å². The SMILES string of the molecule is C=CCCCCCC(Oc1cccc(C#N)c1)C(=O)OC. The summed E-state index contributed by atoms with van der Waals surface area (Å²) in [5.41, 5.74) is 0.502. The quantitative estimate of drug-likeness (QED) is 0.395. The topological polar surface area (TPSA) is 59.3 Å². The maximum atomic E-state index is 11.8. The van der Waals surface area contributed by atoms with E-state index in [0.717, 1.165) is 25.7 Å². The van der Waals surface area contributed by atoms with E-state index in [4.69, 9.17) is 14.7 Å². The Balaban J connectivity index is 2.59. The summed E-state index contributed by atoms with van der Waals surface area (Å²) >= 11 is 0. The van der Waals surface area contributed by atoms with Gasteiger partial charge < -0.3 is 9.47 Å². The molecule has 0 aliphatic heterocycles. The molecule has 112 valence electrons. The van der Waals surface area contributed by atoms with E-state index in [1.54, 1.807) is 24.3 Å². The number of allylic oxidation sites excluding steroid dienone is 1. The monoisotopic (exact) mass is 287 g/mol. The molecule has 0 N–H and O–H groups in total. The summed E-state index contributed by atoms with van der Waals surface area (Å²) in [5, 5.41) is 8.87. The maximum Gasteiger partial charge on any atom is 0.347 e. The highest BCUT2D eigenvalue weighted by atomic mass is 16.6. The third kappa shape index (κ3) is 6.13. The van der Waals surface area contributed by atoms with Gasteiger partial charge in [-0.3, -0.25) is 0 Å². The summed E-state index contributed by atoms with van der Waals surface area (Å²) in [6, 6.07) is 8.81. The smallest absolute Gasteiger partial charge is 0.347 e. The Labute approximate surface area is 126 Å². The number of unbranched alkanes of at least 4 members (excludes halogenated alkanes) is 3. The highest BCUT2D eigenvalue weighted by Crippen LogP contribution is 2.18. The Morgan fingerprint density at radius 2 is 2.24 bits per heavy atom. The second kappa shape index (κ2) is 9.60. The summed E-state index contributed by atoms with van der Waals surface area (Å²) in [6.45, 7) is 3.68. The molecule has 4 heteroatoms. The second-order valence-electron chi connectivity index (χ2n) is 4.70. The molecule has 0 aromatic heterocycles. The lowest BCUT2D eigenvalue weighted by Crippen LogP contribution is -2.28. The Morgan fingerprint density at radius 3 is 2.90 bits per heavy atom. The Kier molecular flexibility index (Phi) is 7.67. The summed E-state index contributed by atoms with van der Waals surface area (Å²) in [4.78, 5) is 11.8. The van der Waals surface area contributed by atoms with Crippen molar-refractivity contribution in [3.63, 3.8) is 0 Å². The minimum absolute atomic E-state index is 0.388.